The van der Waals surface area contributed by atoms with E-state index in [0.29, 0.717) is 26.9 Å². The van der Waals surface area contributed by atoms with Crippen LogP contribution in [0.25, 0.3) is 0 Å². The highest BCUT2D eigenvalue weighted by molar-refractivity contribution is 8.00. The standard InChI is InChI=1S/C15H14FN5OS2/c1-23-13-11(7-17)14(21-15(18)20-13)24-8-12(22)19-10-4-2-3-9(5-10)6-16/h2-5H,6,8H2,1H3,(H,19,22)(H2,18,20,21). The molecule has 0 atom stereocenters. The van der Waals surface area contributed by atoms with Crippen LogP contribution >= 0.6 is 23.5 Å². The number of benzene rings is 1. The van der Waals surface area contributed by atoms with E-state index in [0.717, 1.165) is 11.8 Å². The van der Waals surface area contributed by atoms with Crippen molar-refractivity contribution in [1.29, 1.82) is 5.26 Å². The summed E-state index contributed by atoms with van der Waals surface area (Å²) in [7, 11) is 0. The van der Waals surface area contributed by atoms with Gasteiger partial charge >= 0.3 is 0 Å². The molecule has 0 fully saturated rings. The Bertz CT molecular complexity index is 794. The number of anilines is 2. The van der Waals surface area contributed by atoms with Crippen LogP contribution in [0.3, 0.4) is 0 Å². The zero-order valence-corrected chi connectivity index (χ0v) is 14.4. The molecule has 1 aromatic carbocycles. The molecule has 0 saturated carbocycles. The Morgan fingerprint density at radius 2 is 2.17 bits per heavy atom. The van der Waals surface area contributed by atoms with E-state index >= 15 is 0 Å². The third kappa shape index (κ3) is 4.59. The molecule has 1 heterocycles. The van der Waals surface area contributed by atoms with E-state index in [2.05, 4.69) is 15.3 Å². The van der Waals surface area contributed by atoms with Crippen molar-refractivity contribution in [3.8, 4) is 6.07 Å². The Morgan fingerprint density at radius 3 is 2.83 bits per heavy atom. The van der Waals surface area contributed by atoms with Crippen molar-refractivity contribution < 1.29 is 9.18 Å². The monoisotopic (exact) mass is 363 g/mol. The number of hydrogen-bond acceptors (Lipinski definition) is 7. The molecule has 0 radical (unpaired) electrons. The van der Waals surface area contributed by atoms with Gasteiger partial charge in [0.15, 0.2) is 0 Å². The molecular formula is C15H14FN5OS2. The number of nitriles is 1. The number of nitrogens with two attached hydrogens (primary N) is 1. The minimum Gasteiger partial charge on any atom is -0.368 e. The Kier molecular flexibility index (Phi) is 6.40. The maximum absolute atomic E-state index is 12.6. The van der Waals surface area contributed by atoms with Crippen LogP contribution in [0.1, 0.15) is 11.1 Å². The normalized spacial score (nSPS) is 10.2. The van der Waals surface area contributed by atoms with Crippen LogP contribution in [0.4, 0.5) is 16.0 Å². The Morgan fingerprint density at radius 1 is 1.42 bits per heavy atom. The van der Waals surface area contributed by atoms with Gasteiger partial charge in [0.2, 0.25) is 11.9 Å². The van der Waals surface area contributed by atoms with Gasteiger partial charge in [-0.15, -0.1) is 11.8 Å². The summed E-state index contributed by atoms with van der Waals surface area (Å²) in [5, 5.41) is 12.8. The number of nitrogens with zero attached hydrogens (tertiary/aromatic N) is 3. The smallest absolute Gasteiger partial charge is 0.234 e. The minimum atomic E-state index is -0.596. The van der Waals surface area contributed by atoms with Gasteiger partial charge in [-0.25, -0.2) is 14.4 Å². The van der Waals surface area contributed by atoms with Crippen LogP contribution in [-0.2, 0) is 11.5 Å². The van der Waals surface area contributed by atoms with E-state index < -0.39 is 6.67 Å². The number of amides is 1. The Labute approximate surface area is 147 Å². The number of nitrogen functional groups attached to an aromatic ring is 1. The van der Waals surface area contributed by atoms with Crippen LogP contribution < -0.4 is 11.1 Å². The summed E-state index contributed by atoms with van der Waals surface area (Å²) in [5.74, 6) is -0.196. The van der Waals surface area contributed by atoms with Crippen LogP contribution in [0, 0.1) is 11.3 Å². The summed E-state index contributed by atoms with van der Waals surface area (Å²) >= 11 is 2.39. The van der Waals surface area contributed by atoms with E-state index in [1.807, 2.05) is 6.07 Å². The second-order valence-corrected chi connectivity index (χ2v) is 6.31. The molecule has 1 aromatic heterocycles. The van der Waals surface area contributed by atoms with Crippen molar-refractivity contribution in [2.45, 2.75) is 16.7 Å². The quantitative estimate of drug-likeness (QED) is 0.600. The second-order valence-electron chi connectivity index (χ2n) is 4.55. The fourth-order valence-electron chi connectivity index (χ4n) is 1.85. The summed E-state index contributed by atoms with van der Waals surface area (Å²) in [4.78, 5) is 20.1. The SMILES string of the molecule is CSc1nc(N)nc(SCC(=O)Nc2cccc(CF)c2)c1C#N. The molecule has 6 nitrogen and oxygen atoms in total. The molecule has 0 spiro atoms. The molecule has 2 rings (SSSR count). The molecule has 24 heavy (non-hydrogen) atoms. The number of carbonyl (C=O) groups excluding carboxylic acids is 1. The first kappa shape index (κ1) is 18.0. The molecule has 0 bridgehead atoms. The van der Waals surface area contributed by atoms with E-state index in [1.54, 1.807) is 30.5 Å². The van der Waals surface area contributed by atoms with Crippen molar-refractivity contribution in [3.63, 3.8) is 0 Å². The van der Waals surface area contributed by atoms with Gasteiger partial charge in [0.05, 0.1) is 5.75 Å². The first-order valence-corrected chi connectivity index (χ1v) is 8.97. The third-order valence-corrected chi connectivity index (χ3v) is 4.53. The molecular weight excluding hydrogens is 349 g/mol. The lowest BCUT2D eigenvalue weighted by Gasteiger charge is -2.08. The number of rotatable bonds is 6. The predicted octanol–water partition coefficient (Wildman–Crippen LogP) is 2.85. The maximum atomic E-state index is 12.6. The average Bonchev–Trinajstić information content (AvgIpc) is 2.59. The molecule has 0 aliphatic heterocycles. The van der Waals surface area contributed by atoms with Crippen molar-refractivity contribution in [2.75, 3.05) is 23.1 Å². The molecule has 1 amide bonds. The molecule has 0 unspecified atom stereocenters. The Balaban J connectivity index is 2.06. The van der Waals surface area contributed by atoms with Crippen LogP contribution in [0.5, 0.6) is 0 Å². The lowest BCUT2D eigenvalue weighted by molar-refractivity contribution is -0.113. The number of nitrogens with one attached hydrogen (secondary N) is 1. The highest BCUT2D eigenvalue weighted by Gasteiger charge is 2.15. The number of alkyl halides is 1. The van der Waals surface area contributed by atoms with Crippen LogP contribution in [-0.4, -0.2) is 27.9 Å². The summed E-state index contributed by atoms with van der Waals surface area (Å²) in [6, 6.07) is 8.58. The zero-order chi connectivity index (χ0) is 17.5. The lowest BCUT2D eigenvalue weighted by Crippen LogP contribution is -2.14. The van der Waals surface area contributed by atoms with Gasteiger partial charge in [-0.05, 0) is 24.0 Å². The van der Waals surface area contributed by atoms with Crippen molar-refractivity contribution in [2.24, 2.45) is 0 Å². The van der Waals surface area contributed by atoms with Gasteiger partial charge in [-0.3, -0.25) is 4.79 Å². The van der Waals surface area contributed by atoms with Crippen molar-refractivity contribution in [3.05, 3.63) is 35.4 Å². The molecule has 2 aromatic rings. The largest absolute Gasteiger partial charge is 0.368 e. The van der Waals surface area contributed by atoms with E-state index in [4.69, 9.17) is 5.73 Å². The molecule has 3 N–H and O–H groups in total. The molecule has 124 valence electrons. The number of thioether (sulfide) groups is 2. The third-order valence-electron chi connectivity index (χ3n) is 2.87. The first-order valence-electron chi connectivity index (χ1n) is 6.76. The van der Waals surface area contributed by atoms with Crippen LogP contribution in [0.2, 0.25) is 0 Å². The number of halogens is 1. The fraction of sp³-hybridized carbons (Fsp3) is 0.200. The van der Waals surface area contributed by atoms with Gasteiger partial charge in [0, 0.05) is 5.69 Å². The van der Waals surface area contributed by atoms with Crippen LogP contribution in [0.15, 0.2) is 34.3 Å². The summed E-state index contributed by atoms with van der Waals surface area (Å²) < 4.78 is 12.6. The fourth-order valence-corrected chi connectivity index (χ4v) is 3.23. The highest BCUT2D eigenvalue weighted by Crippen LogP contribution is 2.27. The predicted molar refractivity (Wildman–Crippen MR) is 93.5 cm³/mol. The lowest BCUT2D eigenvalue weighted by atomic mass is 10.2. The summed E-state index contributed by atoms with van der Waals surface area (Å²) in [6.45, 7) is -0.596. The summed E-state index contributed by atoms with van der Waals surface area (Å²) in [5.41, 5.74) is 6.93. The number of aromatic nitrogens is 2. The first-order chi connectivity index (χ1) is 11.6. The van der Waals surface area contributed by atoms with Gasteiger partial charge in [0.1, 0.15) is 28.4 Å². The molecule has 0 aliphatic carbocycles. The highest BCUT2D eigenvalue weighted by atomic mass is 32.2. The molecule has 0 saturated heterocycles. The van der Waals surface area contributed by atoms with Crippen molar-refractivity contribution in [1.82, 2.24) is 9.97 Å². The second kappa shape index (κ2) is 8.52. The number of hydrogen-bond donors (Lipinski definition) is 2. The summed E-state index contributed by atoms with van der Waals surface area (Å²) in [6.07, 6.45) is 1.78. The average molecular weight is 363 g/mol. The van der Waals surface area contributed by atoms with E-state index in [9.17, 15) is 14.4 Å². The van der Waals surface area contributed by atoms with Gasteiger partial charge < -0.3 is 11.1 Å². The molecule has 0 aliphatic rings. The topological polar surface area (TPSA) is 105 Å². The van der Waals surface area contributed by atoms with E-state index in [1.165, 1.54) is 11.8 Å². The zero-order valence-electron chi connectivity index (χ0n) is 12.7. The van der Waals surface area contributed by atoms with Gasteiger partial charge in [0.25, 0.3) is 0 Å². The van der Waals surface area contributed by atoms with E-state index in [-0.39, 0.29) is 17.6 Å². The van der Waals surface area contributed by atoms with Gasteiger partial charge in [-0.1, -0.05) is 23.9 Å². The maximum Gasteiger partial charge on any atom is 0.234 e. The van der Waals surface area contributed by atoms with Crippen molar-refractivity contribution >= 4 is 41.1 Å². The number of carbonyl (C=O) groups is 1. The Hall–Kier alpha value is -2.31. The minimum absolute atomic E-state index is 0.0405. The van der Waals surface area contributed by atoms with Gasteiger partial charge in [-0.2, -0.15) is 5.26 Å². The molecule has 9 heteroatoms.